The molecule has 0 unspecified atom stereocenters. The van der Waals surface area contributed by atoms with E-state index < -0.39 is 18.9 Å². The van der Waals surface area contributed by atoms with Gasteiger partial charge in [-0.25, -0.2) is 0 Å². The smallest absolute Gasteiger partial charge is 0.423 e. The van der Waals surface area contributed by atoms with Crippen molar-refractivity contribution < 1.29 is 19.6 Å². The molecule has 0 saturated carbocycles. The second kappa shape index (κ2) is 5.47. The lowest BCUT2D eigenvalue weighted by molar-refractivity contribution is -0.118. The molecule has 0 radical (unpaired) electrons. The van der Waals surface area contributed by atoms with E-state index in [1.165, 1.54) is 6.07 Å². The minimum Gasteiger partial charge on any atom is -0.423 e. The van der Waals surface area contributed by atoms with E-state index >= 15 is 0 Å². The van der Waals surface area contributed by atoms with Crippen LogP contribution in [-0.4, -0.2) is 29.0 Å². The maximum atomic E-state index is 10.9. The molecule has 0 heterocycles. The summed E-state index contributed by atoms with van der Waals surface area (Å²) < 4.78 is 0. The molecule has 0 aromatic heterocycles. The van der Waals surface area contributed by atoms with Crippen LogP contribution < -0.4 is 16.9 Å². The monoisotopic (exact) mass is 236 g/mol. The van der Waals surface area contributed by atoms with Crippen molar-refractivity contribution in [2.75, 3.05) is 0 Å². The highest BCUT2D eigenvalue weighted by Crippen LogP contribution is 2.09. The average Bonchev–Trinajstić information content (AvgIpc) is 2.18. The van der Waals surface area contributed by atoms with Gasteiger partial charge in [-0.15, -0.1) is 0 Å². The summed E-state index contributed by atoms with van der Waals surface area (Å²) in [5.41, 5.74) is 11.1. The first-order chi connectivity index (χ1) is 7.91. The molecule has 6 N–H and O–H groups in total. The van der Waals surface area contributed by atoms with E-state index in [1.54, 1.807) is 12.1 Å². The molecule has 0 aliphatic heterocycles. The van der Waals surface area contributed by atoms with Crippen molar-refractivity contribution in [3.8, 4) is 0 Å². The summed E-state index contributed by atoms with van der Waals surface area (Å²) in [6.45, 7) is 0. The van der Waals surface area contributed by atoms with Crippen LogP contribution in [-0.2, 0) is 22.4 Å². The number of hydrogen-bond donors (Lipinski definition) is 4. The van der Waals surface area contributed by atoms with Crippen LogP contribution in [0.1, 0.15) is 11.1 Å². The van der Waals surface area contributed by atoms with Crippen molar-refractivity contribution in [3.63, 3.8) is 0 Å². The Balaban J connectivity index is 3.23. The van der Waals surface area contributed by atoms with Crippen LogP contribution in [0.5, 0.6) is 0 Å². The second-order valence-corrected chi connectivity index (χ2v) is 3.64. The fourth-order valence-electron chi connectivity index (χ4n) is 1.64. The van der Waals surface area contributed by atoms with Gasteiger partial charge in [-0.1, -0.05) is 18.2 Å². The summed E-state index contributed by atoms with van der Waals surface area (Å²) in [7, 11) is -1.72. The number of hydrogen-bond acceptors (Lipinski definition) is 4. The minimum atomic E-state index is -1.72. The van der Waals surface area contributed by atoms with Crippen LogP contribution in [0.4, 0.5) is 0 Å². The first-order valence-electron chi connectivity index (χ1n) is 4.95. The molecular weight excluding hydrogens is 223 g/mol. The molecule has 1 rings (SSSR count). The fourth-order valence-corrected chi connectivity index (χ4v) is 1.64. The van der Waals surface area contributed by atoms with Gasteiger partial charge in [-0.3, -0.25) is 9.59 Å². The van der Waals surface area contributed by atoms with Crippen molar-refractivity contribution in [1.82, 2.24) is 0 Å². The van der Waals surface area contributed by atoms with Crippen LogP contribution in [0.3, 0.4) is 0 Å². The topological polar surface area (TPSA) is 127 Å². The molecule has 0 spiro atoms. The molecular formula is C10H13BN2O4. The summed E-state index contributed by atoms with van der Waals surface area (Å²) in [6, 6.07) is 4.60. The highest BCUT2D eigenvalue weighted by Gasteiger charge is 2.20. The Morgan fingerprint density at radius 3 is 2.18 bits per heavy atom. The van der Waals surface area contributed by atoms with Crippen molar-refractivity contribution >= 4 is 24.4 Å². The van der Waals surface area contributed by atoms with E-state index in [-0.39, 0.29) is 18.3 Å². The number of primary amides is 2. The summed E-state index contributed by atoms with van der Waals surface area (Å²) in [4.78, 5) is 21.8. The van der Waals surface area contributed by atoms with E-state index in [4.69, 9.17) is 21.5 Å². The molecule has 0 aliphatic carbocycles. The fraction of sp³-hybridized carbons (Fsp3) is 0.200. The van der Waals surface area contributed by atoms with Gasteiger partial charge in [-0.2, -0.15) is 0 Å². The number of amides is 2. The van der Waals surface area contributed by atoms with Crippen LogP contribution in [0, 0.1) is 0 Å². The quantitative estimate of drug-likeness (QED) is 0.419. The van der Waals surface area contributed by atoms with Gasteiger partial charge in [0, 0.05) is 0 Å². The maximum Gasteiger partial charge on any atom is 0.488 e. The number of carbonyl (C=O) groups excluding carboxylic acids is 2. The largest absolute Gasteiger partial charge is 0.488 e. The van der Waals surface area contributed by atoms with Gasteiger partial charge in [0.1, 0.15) is 0 Å². The van der Waals surface area contributed by atoms with E-state index in [2.05, 4.69) is 0 Å². The van der Waals surface area contributed by atoms with Crippen LogP contribution in [0.2, 0.25) is 0 Å². The van der Waals surface area contributed by atoms with Crippen molar-refractivity contribution in [2.24, 2.45) is 11.5 Å². The molecule has 0 fully saturated rings. The Hall–Kier alpha value is -1.86. The molecule has 2 amide bonds. The Kier molecular flexibility index (Phi) is 4.25. The highest BCUT2D eigenvalue weighted by molar-refractivity contribution is 6.59. The molecule has 7 heteroatoms. The number of nitrogens with two attached hydrogens (primary N) is 2. The predicted octanol–water partition coefficient (Wildman–Crippen LogP) is -2.58. The van der Waals surface area contributed by atoms with Gasteiger partial charge >= 0.3 is 7.12 Å². The third-order valence-corrected chi connectivity index (χ3v) is 2.30. The van der Waals surface area contributed by atoms with Crippen LogP contribution >= 0.6 is 0 Å². The van der Waals surface area contributed by atoms with Crippen molar-refractivity contribution in [1.29, 1.82) is 0 Å². The Morgan fingerprint density at radius 1 is 1.12 bits per heavy atom. The third kappa shape index (κ3) is 3.58. The van der Waals surface area contributed by atoms with Crippen molar-refractivity contribution in [3.05, 3.63) is 29.3 Å². The van der Waals surface area contributed by atoms with Gasteiger partial charge in [0.05, 0.1) is 12.8 Å². The molecule has 0 saturated heterocycles. The van der Waals surface area contributed by atoms with E-state index in [0.717, 1.165) is 0 Å². The van der Waals surface area contributed by atoms with Gasteiger partial charge in [0.15, 0.2) is 0 Å². The number of benzene rings is 1. The van der Waals surface area contributed by atoms with Gasteiger partial charge in [0.25, 0.3) is 0 Å². The third-order valence-electron chi connectivity index (χ3n) is 2.30. The highest BCUT2D eigenvalue weighted by atomic mass is 16.4. The molecule has 0 atom stereocenters. The summed E-state index contributed by atoms with van der Waals surface area (Å²) >= 11 is 0. The Bertz CT molecular complexity index is 448. The van der Waals surface area contributed by atoms with E-state index in [9.17, 15) is 9.59 Å². The van der Waals surface area contributed by atoms with E-state index in [0.29, 0.717) is 11.1 Å². The zero-order valence-electron chi connectivity index (χ0n) is 9.09. The zero-order chi connectivity index (χ0) is 13.0. The first-order valence-corrected chi connectivity index (χ1v) is 4.95. The summed E-state index contributed by atoms with van der Waals surface area (Å²) in [6.07, 6.45) is -0.250. The lowest BCUT2D eigenvalue weighted by atomic mass is 9.74. The lowest BCUT2D eigenvalue weighted by Gasteiger charge is -2.12. The number of rotatable bonds is 5. The zero-order valence-corrected chi connectivity index (χ0v) is 9.09. The molecule has 17 heavy (non-hydrogen) atoms. The first kappa shape index (κ1) is 13.2. The normalized spacial score (nSPS) is 10.0. The second-order valence-electron chi connectivity index (χ2n) is 3.64. The lowest BCUT2D eigenvalue weighted by Crippen LogP contribution is -2.36. The summed E-state index contributed by atoms with van der Waals surface area (Å²) in [5.74, 6) is -1.19. The molecule has 90 valence electrons. The molecule has 0 bridgehead atoms. The standard InChI is InChI=1S/C10H13BN2O4/c12-9(14)4-6-2-1-3-8(11(16)17)7(6)5-10(13)15/h1-3,16-17H,4-5H2,(H2,12,14)(H2,13,15). The molecule has 1 aromatic carbocycles. The molecule has 1 aromatic rings. The van der Waals surface area contributed by atoms with Gasteiger partial charge in [0.2, 0.25) is 11.8 Å². The van der Waals surface area contributed by atoms with Crippen molar-refractivity contribution in [2.45, 2.75) is 12.8 Å². The Labute approximate surface area is 98.4 Å². The minimum absolute atomic E-state index is 0.0802. The molecule has 6 nitrogen and oxygen atoms in total. The maximum absolute atomic E-state index is 10.9. The SMILES string of the molecule is NC(=O)Cc1cccc(B(O)O)c1CC(N)=O. The van der Waals surface area contributed by atoms with Gasteiger partial charge < -0.3 is 21.5 Å². The van der Waals surface area contributed by atoms with Crippen LogP contribution in [0.25, 0.3) is 0 Å². The average molecular weight is 236 g/mol. The van der Waals surface area contributed by atoms with Gasteiger partial charge in [-0.05, 0) is 16.6 Å². The van der Waals surface area contributed by atoms with Crippen LogP contribution in [0.15, 0.2) is 18.2 Å². The van der Waals surface area contributed by atoms with E-state index in [1.807, 2.05) is 0 Å². The Morgan fingerprint density at radius 2 is 1.71 bits per heavy atom. The number of carbonyl (C=O) groups is 2. The molecule has 0 aliphatic rings. The predicted molar refractivity (Wildman–Crippen MR) is 62.1 cm³/mol. The summed E-state index contributed by atoms with van der Waals surface area (Å²) in [5, 5.41) is 18.3.